The van der Waals surface area contributed by atoms with Crippen LogP contribution in [0.15, 0.2) is 59.6 Å². The molecule has 162 valence electrons. The molecule has 0 spiro atoms. The van der Waals surface area contributed by atoms with Crippen LogP contribution in [0.3, 0.4) is 0 Å². The van der Waals surface area contributed by atoms with Gasteiger partial charge in [-0.05, 0) is 37.0 Å². The Balaban J connectivity index is 1.75. The molecule has 0 amide bonds. The maximum Gasteiger partial charge on any atom is 0.191 e. The lowest BCUT2D eigenvalue weighted by Crippen LogP contribution is -2.42. The van der Waals surface area contributed by atoms with Crippen LogP contribution in [0.1, 0.15) is 36.8 Å². The molecule has 0 bridgehead atoms. The Morgan fingerprint density at radius 1 is 1.10 bits per heavy atom. The summed E-state index contributed by atoms with van der Waals surface area (Å²) in [6.07, 6.45) is 1.78. The summed E-state index contributed by atoms with van der Waals surface area (Å²) in [5, 5.41) is 17.4. The Hall–Kier alpha value is -2.08. The Morgan fingerprint density at radius 3 is 2.47 bits per heavy atom. The van der Waals surface area contributed by atoms with Gasteiger partial charge < -0.3 is 20.5 Å². The lowest BCUT2D eigenvalue weighted by molar-refractivity contribution is 0.0531. The fraction of sp³-hybridized carbons (Fsp3) is 0.458. The zero-order valence-corrected chi connectivity index (χ0v) is 18.4. The van der Waals surface area contributed by atoms with Gasteiger partial charge in [-0.2, -0.15) is 0 Å². The molecule has 30 heavy (non-hydrogen) atoms. The van der Waals surface area contributed by atoms with Crippen molar-refractivity contribution in [2.45, 2.75) is 31.1 Å². The standard InChI is InChI=1S/C24H32ClN3O2/c1-2-26-23(27-16-20(17-29)19-8-4-3-5-9-19)28-18-24(12-14-30-15-13-24)21-10-6-7-11-22(21)25/h3-11,20,29H,2,12-18H2,1H3,(H2,26,27,28). The van der Waals surface area contributed by atoms with Crippen molar-refractivity contribution in [1.29, 1.82) is 0 Å². The number of ether oxygens (including phenoxy) is 1. The van der Waals surface area contributed by atoms with E-state index >= 15 is 0 Å². The second-order valence-electron chi connectivity index (χ2n) is 7.74. The van der Waals surface area contributed by atoms with Crippen molar-refractivity contribution in [2.24, 2.45) is 4.99 Å². The second-order valence-corrected chi connectivity index (χ2v) is 8.15. The number of aliphatic imine (C=N–C) groups is 1. The van der Waals surface area contributed by atoms with E-state index in [1.54, 1.807) is 0 Å². The Kier molecular flexibility index (Phi) is 8.55. The molecule has 3 rings (SSSR count). The Morgan fingerprint density at radius 2 is 1.80 bits per heavy atom. The molecule has 2 aromatic rings. The number of guanidine groups is 1. The van der Waals surface area contributed by atoms with Gasteiger partial charge in [0, 0.05) is 42.7 Å². The maximum absolute atomic E-state index is 9.85. The summed E-state index contributed by atoms with van der Waals surface area (Å²) in [6.45, 7) is 5.56. The van der Waals surface area contributed by atoms with Crippen molar-refractivity contribution in [3.8, 4) is 0 Å². The topological polar surface area (TPSA) is 65.9 Å². The first-order chi connectivity index (χ1) is 14.7. The van der Waals surface area contributed by atoms with Crippen molar-refractivity contribution in [3.05, 3.63) is 70.7 Å². The minimum absolute atomic E-state index is 0.00987. The first-order valence-electron chi connectivity index (χ1n) is 10.7. The number of hydrogen-bond acceptors (Lipinski definition) is 3. The summed E-state index contributed by atoms with van der Waals surface area (Å²) < 4.78 is 5.63. The highest BCUT2D eigenvalue weighted by molar-refractivity contribution is 6.31. The molecule has 0 saturated carbocycles. The van der Waals surface area contributed by atoms with Gasteiger partial charge in [0.15, 0.2) is 5.96 Å². The van der Waals surface area contributed by atoms with Crippen LogP contribution in [0, 0.1) is 0 Å². The van der Waals surface area contributed by atoms with Crippen molar-refractivity contribution in [1.82, 2.24) is 10.6 Å². The molecule has 3 N–H and O–H groups in total. The molecule has 5 nitrogen and oxygen atoms in total. The average Bonchev–Trinajstić information content (AvgIpc) is 2.79. The highest BCUT2D eigenvalue weighted by Crippen LogP contribution is 2.38. The summed E-state index contributed by atoms with van der Waals surface area (Å²) in [6, 6.07) is 18.1. The molecule has 1 aliphatic heterocycles. The zero-order chi connectivity index (χ0) is 21.2. The van der Waals surface area contributed by atoms with Crippen LogP contribution in [-0.4, -0.2) is 50.5 Å². The summed E-state index contributed by atoms with van der Waals surface area (Å²) >= 11 is 6.56. The summed E-state index contributed by atoms with van der Waals surface area (Å²) in [7, 11) is 0. The lowest BCUT2D eigenvalue weighted by Gasteiger charge is -2.37. The predicted octanol–water partition coefficient (Wildman–Crippen LogP) is 3.72. The minimum atomic E-state index is -0.130. The quantitative estimate of drug-likeness (QED) is 0.442. The van der Waals surface area contributed by atoms with E-state index in [0.29, 0.717) is 26.3 Å². The molecule has 1 heterocycles. The van der Waals surface area contributed by atoms with Gasteiger partial charge in [-0.3, -0.25) is 4.99 Å². The molecule has 1 atom stereocenters. The molecule has 2 aromatic carbocycles. The SMILES string of the molecule is CCNC(=NCC1(c2ccccc2Cl)CCOCC1)NCC(CO)c1ccccc1. The first-order valence-corrected chi connectivity index (χ1v) is 11.1. The van der Waals surface area contributed by atoms with Crippen molar-refractivity contribution in [3.63, 3.8) is 0 Å². The van der Waals surface area contributed by atoms with Crippen molar-refractivity contribution >= 4 is 17.6 Å². The number of hydrogen-bond donors (Lipinski definition) is 3. The molecule has 0 radical (unpaired) electrons. The van der Waals surface area contributed by atoms with Gasteiger partial charge in [-0.15, -0.1) is 0 Å². The lowest BCUT2D eigenvalue weighted by atomic mass is 9.74. The largest absolute Gasteiger partial charge is 0.396 e. The monoisotopic (exact) mass is 429 g/mol. The third-order valence-corrected chi connectivity index (χ3v) is 6.12. The molecule has 1 saturated heterocycles. The van der Waals surface area contributed by atoms with E-state index < -0.39 is 0 Å². The number of aliphatic hydroxyl groups is 1. The highest BCUT2D eigenvalue weighted by atomic mass is 35.5. The van der Waals surface area contributed by atoms with Gasteiger partial charge in [-0.25, -0.2) is 0 Å². The number of benzene rings is 2. The Labute approximate surface area is 184 Å². The molecule has 0 aliphatic carbocycles. The summed E-state index contributed by atoms with van der Waals surface area (Å²) in [4.78, 5) is 4.93. The Bertz CT molecular complexity index is 807. The van der Waals surface area contributed by atoms with Gasteiger partial charge in [0.25, 0.3) is 0 Å². The molecular formula is C24H32ClN3O2. The summed E-state index contributed by atoms with van der Waals surface area (Å²) in [5.41, 5.74) is 2.13. The molecule has 6 heteroatoms. The molecule has 0 aromatic heterocycles. The van der Waals surface area contributed by atoms with E-state index in [-0.39, 0.29) is 17.9 Å². The zero-order valence-electron chi connectivity index (χ0n) is 17.6. The van der Waals surface area contributed by atoms with Crippen LogP contribution in [0.25, 0.3) is 0 Å². The highest BCUT2D eigenvalue weighted by Gasteiger charge is 2.36. The van der Waals surface area contributed by atoms with Gasteiger partial charge in [-0.1, -0.05) is 60.1 Å². The number of aliphatic hydroxyl groups excluding tert-OH is 1. The number of nitrogens with one attached hydrogen (secondary N) is 2. The van der Waals surface area contributed by atoms with Crippen LogP contribution in [-0.2, 0) is 10.2 Å². The smallest absolute Gasteiger partial charge is 0.191 e. The molecule has 1 unspecified atom stereocenters. The fourth-order valence-electron chi connectivity index (χ4n) is 3.97. The molecule has 1 fully saturated rings. The predicted molar refractivity (Wildman–Crippen MR) is 123 cm³/mol. The third-order valence-electron chi connectivity index (χ3n) is 5.79. The third kappa shape index (κ3) is 5.75. The van der Waals surface area contributed by atoms with Crippen LogP contribution in [0.4, 0.5) is 0 Å². The first kappa shape index (κ1) is 22.6. The number of rotatable bonds is 8. The van der Waals surface area contributed by atoms with Crippen LogP contribution in [0.2, 0.25) is 5.02 Å². The van der Waals surface area contributed by atoms with Gasteiger partial charge in [0.1, 0.15) is 0 Å². The number of halogens is 1. The van der Waals surface area contributed by atoms with E-state index in [1.807, 2.05) is 48.5 Å². The van der Waals surface area contributed by atoms with Gasteiger partial charge >= 0.3 is 0 Å². The van der Waals surface area contributed by atoms with Crippen molar-refractivity contribution < 1.29 is 9.84 Å². The van der Waals surface area contributed by atoms with Crippen LogP contribution < -0.4 is 10.6 Å². The van der Waals surface area contributed by atoms with Gasteiger partial charge in [0.05, 0.1) is 13.2 Å². The minimum Gasteiger partial charge on any atom is -0.396 e. The van der Waals surface area contributed by atoms with Crippen molar-refractivity contribution in [2.75, 3.05) is 39.5 Å². The van der Waals surface area contributed by atoms with E-state index in [9.17, 15) is 5.11 Å². The van der Waals surface area contributed by atoms with Gasteiger partial charge in [0.2, 0.25) is 0 Å². The number of nitrogens with zero attached hydrogens (tertiary/aromatic N) is 1. The van der Waals surface area contributed by atoms with Crippen LogP contribution in [0.5, 0.6) is 0 Å². The summed E-state index contributed by atoms with van der Waals surface area (Å²) in [5.74, 6) is 0.764. The van der Waals surface area contributed by atoms with E-state index in [2.05, 4.69) is 23.6 Å². The molecule has 1 aliphatic rings. The van der Waals surface area contributed by atoms with E-state index in [0.717, 1.165) is 41.5 Å². The van der Waals surface area contributed by atoms with E-state index in [4.69, 9.17) is 21.3 Å². The maximum atomic E-state index is 9.85. The van der Waals surface area contributed by atoms with E-state index in [1.165, 1.54) is 0 Å². The van der Waals surface area contributed by atoms with Crippen LogP contribution >= 0.6 is 11.6 Å². The average molecular weight is 430 g/mol. The normalized spacial score (nSPS) is 17.4. The molecular weight excluding hydrogens is 398 g/mol. The second kappa shape index (κ2) is 11.3. The fourth-order valence-corrected chi connectivity index (χ4v) is 4.31.